The van der Waals surface area contributed by atoms with Crippen LogP contribution in [0, 0.1) is 13.8 Å². The molecule has 1 rings (SSSR count). The van der Waals surface area contributed by atoms with Crippen molar-refractivity contribution in [3.63, 3.8) is 0 Å². The van der Waals surface area contributed by atoms with Gasteiger partial charge in [-0.2, -0.15) is 0 Å². The summed E-state index contributed by atoms with van der Waals surface area (Å²) >= 11 is 0. The fourth-order valence-corrected chi connectivity index (χ4v) is 1.30. The summed E-state index contributed by atoms with van der Waals surface area (Å²) in [5.41, 5.74) is 8.75. The average Bonchev–Trinajstić information content (AvgIpc) is 2.23. The Bertz CT molecular complexity index is 361. The number of amides is 1. The van der Waals surface area contributed by atoms with Crippen molar-refractivity contribution in [3.8, 4) is 0 Å². The van der Waals surface area contributed by atoms with Crippen molar-refractivity contribution in [1.29, 1.82) is 0 Å². The Labute approximate surface area is 90.7 Å². The third kappa shape index (κ3) is 2.80. The number of rotatable bonds is 3. The molecule has 1 aromatic rings. The Morgan fingerprint density at radius 2 is 2.13 bits per heavy atom. The van der Waals surface area contributed by atoms with Crippen molar-refractivity contribution in [3.05, 3.63) is 29.3 Å². The van der Waals surface area contributed by atoms with E-state index in [9.17, 15) is 4.79 Å². The number of hydrogen-bond donors (Lipinski definition) is 2. The van der Waals surface area contributed by atoms with Gasteiger partial charge in [0.2, 0.25) is 5.91 Å². The van der Waals surface area contributed by atoms with E-state index >= 15 is 0 Å². The van der Waals surface area contributed by atoms with Crippen molar-refractivity contribution >= 4 is 11.6 Å². The first-order chi connectivity index (χ1) is 7.06. The van der Waals surface area contributed by atoms with Gasteiger partial charge in [-0.25, -0.2) is 0 Å². The second kappa shape index (κ2) is 4.94. The number of nitrogens with one attached hydrogen (secondary N) is 1. The van der Waals surface area contributed by atoms with Gasteiger partial charge in [0.1, 0.15) is 0 Å². The van der Waals surface area contributed by atoms with Crippen molar-refractivity contribution in [1.82, 2.24) is 0 Å². The van der Waals surface area contributed by atoms with Gasteiger partial charge >= 0.3 is 0 Å². The minimum absolute atomic E-state index is 0.119. The van der Waals surface area contributed by atoms with Crippen LogP contribution in [0.4, 0.5) is 5.69 Å². The molecule has 0 heterocycles. The number of anilines is 1. The standard InChI is InChI=1S/C12H18N2O/c1-4-10(13)12(15)14-11-7-5-6-8(2)9(11)3/h5-7,10H,4,13H2,1-3H3,(H,14,15)/t10-/m0/s1. The number of carbonyl (C=O) groups excluding carboxylic acids is 1. The van der Waals surface area contributed by atoms with Crippen LogP contribution in [-0.4, -0.2) is 11.9 Å². The molecule has 3 heteroatoms. The molecule has 0 saturated heterocycles. The molecule has 0 saturated carbocycles. The summed E-state index contributed by atoms with van der Waals surface area (Å²) < 4.78 is 0. The zero-order chi connectivity index (χ0) is 11.4. The highest BCUT2D eigenvalue weighted by atomic mass is 16.2. The molecule has 1 aromatic carbocycles. The molecule has 0 spiro atoms. The van der Waals surface area contributed by atoms with Crippen LogP contribution in [0.25, 0.3) is 0 Å². The summed E-state index contributed by atoms with van der Waals surface area (Å²) in [5.74, 6) is -0.119. The monoisotopic (exact) mass is 206 g/mol. The van der Waals surface area contributed by atoms with Gasteiger partial charge in [-0.1, -0.05) is 19.1 Å². The lowest BCUT2D eigenvalue weighted by atomic mass is 10.1. The van der Waals surface area contributed by atoms with Crippen LogP contribution in [0.5, 0.6) is 0 Å². The lowest BCUT2D eigenvalue weighted by molar-refractivity contribution is -0.117. The molecule has 3 nitrogen and oxygen atoms in total. The molecule has 0 aliphatic heterocycles. The molecule has 3 N–H and O–H groups in total. The highest BCUT2D eigenvalue weighted by molar-refractivity contribution is 5.95. The van der Waals surface area contributed by atoms with Gasteiger partial charge in [0.25, 0.3) is 0 Å². The highest BCUT2D eigenvalue weighted by Crippen LogP contribution is 2.17. The number of nitrogens with two attached hydrogens (primary N) is 1. The Morgan fingerprint density at radius 1 is 1.47 bits per heavy atom. The summed E-state index contributed by atoms with van der Waals surface area (Å²) in [4.78, 5) is 11.6. The summed E-state index contributed by atoms with van der Waals surface area (Å²) in [7, 11) is 0. The molecule has 0 unspecified atom stereocenters. The summed E-state index contributed by atoms with van der Waals surface area (Å²) in [5, 5.41) is 2.84. The van der Waals surface area contributed by atoms with E-state index in [1.54, 1.807) is 0 Å². The Hall–Kier alpha value is -1.35. The first-order valence-electron chi connectivity index (χ1n) is 5.19. The molecule has 0 bridgehead atoms. The van der Waals surface area contributed by atoms with E-state index in [2.05, 4.69) is 5.32 Å². The first kappa shape index (κ1) is 11.7. The highest BCUT2D eigenvalue weighted by Gasteiger charge is 2.12. The quantitative estimate of drug-likeness (QED) is 0.794. The van der Waals surface area contributed by atoms with Gasteiger partial charge in [-0.15, -0.1) is 0 Å². The number of aryl methyl sites for hydroxylation is 1. The van der Waals surface area contributed by atoms with E-state index in [1.807, 2.05) is 39.0 Å². The predicted octanol–water partition coefficient (Wildman–Crippen LogP) is 1.98. The van der Waals surface area contributed by atoms with Gasteiger partial charge in [-0.05, 0) is 37.5 Å². The smallest absolute Gasteiger partial charge is 0.241 e. The van der Waals surface area contributed by atoms with E-state index in [0.29, 0.717) is 6.42 Å². The van der Waals surface area contributed by atoms with Gasteiger partial charge in [0.05, 0.1) is 6.04 Å². The fourth-order valence-electron chi connectivity index (χ4n) is 1.30. The normalized spacial score (nSPS) is 12.3. The van der Waals surface area contributed by atoms with Gasteiger partial charge in [0, 0.05) is 5.69 Å². The second-order valence-electron chi connectivity index (χ2n) is 3.75. The van der Waals surface area contributed by atoms with Gasteiger partial charge < -0.3 is 11.1 Å². The molecule has 1 atom stereocenters. The molecule has 0 fully saturated rings. The van der Waals surface area contributed by atoms with Crippen LogP contribution in [0.3, 0.4) is 0 Å². The largest absolute Gasteiger partial charge is 0.324 e. The van der Waals surface area contributed by atoms with Crippen molar-refractivity contribution < 1.29 is 4.79 Å². The molecule has 0 aliphatic rings. The Kier molecular flexibility index (Phi) is 3.86. The molecule has 1 amide bonds. The summed E-state index contributed by atoms with van der Waals surface area (Å²) in [6, 6.07) is 5.41. The first-order valence-corrected chi connectivity index (χ1v) is 5.19. The maximum absolute atomic E-state index is 11.6. The third-order valence-electron chi connectivity index (χ3n) is 2.64. The van der Waals surface area contributed by atoms with Crippen LogP contribution >= 0.6 is 0 Å². The molecular formula is C12H18N2O. The van der Waals surface area contributed by atoms with Gasteiger partial charge in [-0.3, -0.25) is 4.79 Å². The minimum Gasteiger partial charge on any atom is -0.324 e. The SMILES string of the molecule is CC[C@H](N)C(=O)Nc1cccc(C)c1C. The lowest BCUT2D eigenvalue weighted by Crippen LogP contribution is -2.35. The topological polar surface area (TPSA) is 55.1 Å². The van der Waals surface area contributed by atoms with E-state index in [1.165, 1.54) is 0 Å². The van der Waals surface area contributed by atoms with Crippen LogP contribution in [0.15, 0.2) is 18.2 Å². The van der Waals surface area contributed by atoms with E-state index in [0.717, 1.165) is 16.8 Å². The van der Waals surface area contributed by atoms with Crippen LogP contribution in [-0.2, 0) is 4.79 Å². The second-order valence-corrected chi connectivity index (χ2v) is 3.75. The van der Waals surface area contributed by atoms with Crippen LogP contribution in [0.1, 0.15) is 24.5 Å². The maximum atomic E-state index is 11.6. The van der Waals surface area contributed by atoms with Crippen LogP contribution < -0.4 is 11.1 Å². The molecule has 82 valence electrons. The van der Waals surface area contributed by atoms with E-state index in [-0.39, 0.29) is 5.91 Å². The average molecular weight is 206 g/mol. The maximum Gasteiger partial charge on any atom is 0.241 e. The molecular weight excluding hydrogens is 188 g/mol. The van der Waals surface area contributed by atoms with E-state index in [4.69, 9.17) is 5.73 Å². The number of benzene rings is 1. The summed E-state index contributed by atoms with van der Waals surface area (Å²) in [6.45, 7) is 5.90. The van der Waals surface area contributed by atoms with Crippen molar-refractivity contribution in [2.24, 2.45) is 5.73 Å². The zero-order valence-electron chi connectivity index (χ0n) is 9.50. The molecule has 0 aliphatic carbocycles. The molecule has 0 aromatic heterocycles. The van der Waals surface area contributed by atoms with Crippen molar-refractivity contribution in [2.45, 2.75) is 33.2 Å². The van der Waals surface area contributed by atoms with Crippen molar-refractivity contribution in [2.75, 3.05) is 5.32 Å². The van der Waals surface area contributed by atoms with Gasteiger partial charge in [0.15, 0.2) is 0 Å². The molecule has 15 heavy (non-hydrogen) atoms. The fraction of sp³-hybridized carbons (Fsp3) is 0.417. The minimum atomic E-state index is -0.426. The third-order valence-corrected chi connectivity index (χ3v) is 2.64. The Morgan fingerprint density at radius 3 is 2.73 bits per heavy atom. The predicted molar refractivity (Wildman–Crippen MR) is 62.8 cm³/mol. The lowest BCUT2D eigenvalue weighted by Gasteiger charge is -2.13. The number of carbonyl (C=O) groups is 1. The van der Waals surface area contributed by atoms with E-state index < -0.39 is 6.04 Å². The Balaban J connectivity index is 2.81. The van der Waals surface area contributed by atoms with Crippen LogP contribution in [0.2, 0.25) is 0 Å². The zero-order valence-corrected chi connectivity index (χ0v) is 9.50. The molecule has 0 radical (unpaired) electrons. The number of hydrogen-bond acceptors (Lipinski definition) is 2. The summed E-state index contributed by atoms with van der Waals surface area (Å²) in [6.07, 6.45) is 0.650.